The lowest BCUT2D eigenvalue weighted by atomic mass is 10.5. The highest BCUT2D eigenvalue weighted by Crippen LogP contribution is 2.15. The zero-order valence-electron chi connectivity index (χ0n) is 6.94. The van der Waals surface area contributed by atoms with Crippen molar-refractivity contribution < 1.29 is 0 Å². The molecule has 0 radical (unpaired) electrons. The lowest BCUT2D eigenvalue weighted by molar-refractivity contribution is 0.885. The van der Waals surface area contributed by atoms with Gasteiger partial charge in [0.15, 0.2) is 11.5 Å². The van der Waals surface area contributed by atoms with Crippen LogP contribution in [0.15, 0.2) is 6.33 Å². The second kappa shape index (κ2) is 2.17. The van der Waals surface area contributed by atoms with Gasteiger partial charge in [-0.1, -0.05) is 0 Å². The summed E-state index contributed by atoms with van der Waals surface area (Å²) < 4.78 is 1.88. The van der Waals surface area contributed by atoms with Gasteiger partial charge in [0.1, 0.15) is 17.7 Å². The summed E-state index contributed by atoms with van der Waals surface area (Å²) in [5.74, 6) is 1.36. The normalized spacial score (nSPS) is 10.8. The van der Waals surface area contributed by atoms with Crippen molar-refractivity contribution in [2.24, 2.45) is 7.05 Å². The molecule has 2 aromatic heterocycles. The van der Waals surface area contributed by atoms with Crippen LogP contribution in [-0.2, 0) is 7.05 Å². The molecule has 0 saturated heterocycles. The predicted molar refractivity (Wildman–Crippen MR) is 45.5 cm³/mol. The van der Waals surface area contributed by atoms with E-state index in [0.717, 1.165) is 11.3 Å². The lowest BCUT2D eigenvalue weighted by Crippen LogP contribution is -1.97. The van der Waals surface area contributed by atoms with Crippen molar-refractivity contribution >= 4 is 17.0 Å². The number of nitrogens with two attached hydrogens (primary N) is 1. The molecule has 0 aliphatic heterocycles. The topological polar surface area (TPSA) is 69.6 Å². The average molecular weight is 163 g/mol. The number of aromatic nitrogens is 4. The summed E-state index contributed by atoms with van der Waals surface area (Å²) in [6.07, 6.45) is 1.42. The maximum Gasteiger partial charge on any atom is 0.183 e. The fourth-order valence-electron chi connectivity index (χ4n) is 1.18. The van der Waals surface area contributed by atoms with Crippen molar-refractivity contribution in [3.05, 3.63) is 12.2 Å². The highest BCUT2D eigenvalue weighted by atomic mass is 15.1. The van der Waals surface area contributed by atoms with Gasteiger partial charge in [-0.3, -0.25) is 0 Å². The van der Waals surface area contributed by atoms with Gasteiger partial charge in [0.2, 0.25) is 0 Å². The molecule has 0 spiro atoms. The van der Waals surface area contributed by atoms with Crippen LogP contribution in [0.4, 0.5) is 5.82 Å². The molecule has 0 aliphatic rings. The van der Waals surface area contributed by atoms with Gasteiger partial charge >= 0.3 is 0 Å². The summed E-state index contributed by atoms with van der Waals surface area (Å²) in [6.45, 7) is 1.90. The lowest BCUT2D eigenvalue weighted by Gasteiger charge is -1.97. The Morgan fingerprint density at radius 3 is 2.83 bits per heavy atom. The number of nitrogens with zero attached hydrogens (tertiary/aromatic N) is 4. The highest BCUT2D eigenvalue weighted by molar-refractivity contribution is 5.81. The number of anilines is 1. The molecular formula is C7H9N5. The summed E-state index contributed by atoms with van der Waals surface area (Å²) in [7, 11) is 1.89. The van der Waals surface area contributed by atoms with Crippen molar-refractivity contribution in [1.82, 2.24) is 19.5 Å². The summed E-state index contributed by atoms with van der Waals surface area (Å²) >= 11 is 0. The van der Waals surface area contributed by atoms with E-state index in [2.05, 4.69) is 15.0 Å². The Kier molecular flexibility index (Phi) is 1.27. The van der Waals surface area contributed by atoms with E-state index in [0.29, 0.717) is 11.5 Å². The minimum Gasteiger partial charge on any atom is -0.382 e. The number of aryl methyl sites for hydroxylation is 2. The van der Waals surface area contributed by atoms with Crippen LogP contribution >= 0.6 is 0 Å². The minimum atomic E-state index is 0.475. The fraction of sp³-hybridized carbons (Fsp3) is 0.286. The molecule has 0 fully saturated rings. The molecule has 0 unspecified atom stereocenters. The first-order valence-electron chi connectivity index (χ1n) is 3.59. The summed E-state index contributed by atoms with van der Waals surface area (Å²) in [4.78, 5) is 12.1. The van der Waals surface area contributed by atoms with Gasteiger partial charge in [0.25, 0.3) is 0 Å². The van der Waals surface area contributed by atoms with E-state index in [4.69, 9.17) is 5.73 Å². The van der Waals surface area contributed by atoms with Crippen molar-refractivity contribution in [2.75, 3.05) is 5.73 Å². The van der Waals surface area contributed by atoms with Crippen molar-refractivity contribution in [1.29, 1.82) is 0 Å². The van der Waals surface area contributed by atoms with Gasteiger partial charge < -0.3 is 10.3 Å². The maximum atomic E-state index is 5.66. The van der Waals surface area contributed by atoms with Crippen LogP contribution in [0.3, 0.4) is 0 Å². The molecule has 0 bridgehead atoms. The molecule has 0 aliphatic carbocycles. The van der Waals surface area contributed by atoms with E-state index in [1.54, 1.807) is 0 Å². The fourth-order valence-corrected chi connectivity index (χ4v) is 1.18. The van der Waals surface area contributed by atoms with Gasteiger partial charge in [-0.2, -0.15) is 0 Å². The van der Waals surface area contributed by atoms with Crippen molar-refractivity contribution in [2.45, 2.75) is 6.92 Å². The molecule has 0 atom stereocenters. The predicted octanol–water partition coefficient (Wildman–Crippen LogP) is 0.254. The third-order valence-corrected chi connectivity index (χ3v) is 1.92. The number of hydrogen-bond acceptors (Lipinski definition) is 4. The largest absolute Gasteiger partial charge is 0.382 e. The van der Waals surface area contributed by atoms with Crippen molar-refractivity contribution in [3.8, 4) is 0 Å². The first-order valence-corrected chi connectivity index (χ1v) is 3.59. The van der Waals surface area contributed by atoms with Gasteiger partial charge in [0, 0.05) is 7.05 Å². The Balaban J connectivity index is 2.97. The number of fused-ring (bicyclic) bond motifs is 1. The Bertz CT molecular complexity index is 431. The molecule has 5 nitrogen and oxygen atoms in total. The van der Waals surface area contributed by atoms with Crippen LogP contribution in [0, 0.1) is 6.92 Å². The standard InChI is InChI=1S/C7H9N5/c1-4-11-7-5(12(4)2)6(8)9-3-10-7/h3H,1-2H3,(H2,8,9,10). The molecule has 5 heteroatoms. The second-order valence-electron chi connectivity index (χ2n) is 2.65. The Morgan fingerprint density at radius 1 is 1.42 bits per heavy atom. The summed E-state index contributed by atoms with van der Waals surface area (Å²) in [5.41, 5.74) is 7.11. The third kappa shape index (κ3) is 0.761. The Morgan fingerprint density at radius 2 is 2.17 bits per heavy atom. The quantitative estimate of drug-likeness (QED) is 0.604. The maximum absolute atomic E-state index is 5.66. The van der Waals surface area contributed by atoms with E-state index < -0.39 is 0 Å². The van der Waals surface area contributed by atoms with Crippen LogP contribution in [0.2, 0.25) is 0 Å². The van der Waals surface area contributed by atoms with E-state index in [1.165, 1.54) is 6.33 Å². The van der Waals surface area contributed by atoms with Crippen LogP contribution in [0.1, 0.15) is 5.82 Å². The Hall–Kier alpha value is -1.65. The van der Waals surface area contributed by atoms with Gasteiger partial charge in [-0.05, 0) is 6.92 Å². The molecule has 2 heterocycles. The molecule has 2 aromatic rings. The molecule has 0 aromatic carbocycles. The van der Waals surface area contributed by atoms with E-state index in [9.17, 15) is 0 Å². The zero-order chi connectivity index (χ0) is 8.72. The summed E-state index contributed by atoms with van der Waals surface area (Å²) in [5, 5.41) is 0. The average Bonchev–Trinajstić information content (AvgIpc) is 2.29. The van der Waals surface area contributed by atoms with Gasteiger partial charge in [-0.25, -0.2) is 15.0 Å². The third-order valence-electron chi connectivity index (χ3n) is 1.92. The molecule has 2 N–H and O–H groups in total. The molecule has 62 valence electrons. The van der Waals surface area contributed by atoms with E-state index in [1.807, 2.05) is 18.5 Å². The second-order valence-corrected chi connectivity index (χ2v) is 2.65. The molecule has 0 amide bonds. The van der Waals surface area contributed by atoms with Crippen LogP contribution in [-0.4, -0.2) is 19.5 Å². The van der Waals surface area contributed by atoms with Crippen LogP contribution < -0.4 is 5.73 Å². The first kappa shape index (κ1) is 7.02. The summed E-state index contributed by atoms with van der Waals surface area (Å²) in [6, 6.07) is 0. The highest BCUT2D eigenvalue weighted by Gasteiger charge is 2.07. The van der Waals surface area contributed by atoms with E-state index in [-0.39, 0.29) is 0 Å². The monoisotopic (exact) mass is 163 g/mol. The number of imidazole rings is 1. The molecule has 12 heavy (non-hydrogen) atoms. The minimum absolute atomic E-state index is 0.475. The van der Waals surface area contributed by atoms with Crippen LogP contribution in [0.5, 0.6) is 0 Å². The smallest absolute Gasteiger partial charge is 0.183 e. The van der Waals surface area contributed by atoms with Gasteiger partial charge in [-0.15, -0.1) is 0 Å². The molecule has 2 rings (SSSR count). The number of hydrogen-bond donors (Lipinski definition) is 1. The van der Waals surface area contributed by atoms with Crippen molar-refractivity contribution in [3.63, 3.8) is 0 Å². The SMILES string of the molecule is Cc1nc2ncnc(N)c2n1C. The molecule has 0 saturated carbocycles. The first-order chi connectivity index (χ1) is 5.70. The number of nitrogen functional groups attached to an aromatic ring is 1. The van der Waals surface area contributed by atoms with Gasteiger partial charge in [0.05, 0.1) is 0 Å². The zero-order valence-corrected chi connectivity index (χ0v) is 6.94. The van der Waals surface area contributed by atoms with E-state index >= 15 is 0 Å². The Labute approximate surface area is 69.3 Å². The number of rotatable bonds is 0. The molecular weight excluding hydrogens is 154 g/mol. The van der Waals surface area contributed by atoms with Crippen LogP contribution in [0.25, 0.3) is 11.2 Å².